The lowest BCUT2D eigenvalue weighted by Gasteiger charge is -2.10. The van der Waals surface area contributed by atoms with Crippen LogP contribution in [0.25, 0.3) is 10.9 Å². The van der Waals surface area contributed by atoms with Gasteiger partial charge >= 0.3 is 0 Å². The van der Waals surface area contributed by atoms with Crippen LogP contribution in [0.4, 0.5) is 0 Å². The number of aromatic nitrogens is 1. The molecule has 0 atom stereocenters. The third kappa shape index (κ3) is 4.87. The van der Waals surface area contributed by atoms with Gasteiger partial charge in [-0.2, -0.15) is 0 Å². The van der Waals surface area contributed by atoms with E-state index in [0.717, 1.165) is 10.9 Å². The fraction of sp³-hybridized carbons (Fsp3) is 0.136. The number of pyridine rings is 1. The summed E-state index contributed by atoms with van der Waals surface area (Å²) in [6.07, 6.45) is 0.651. The number of hydrazine groups is 1. The third-order valence-corrected chi connectivity index (χ3v) is 4.77. The summed E-state index contributed by atoms with van der Waals surface area (Å²) in [6.45, 7) is 3.24. The lowest BCUT2D eigenvalue weighted by atomic mass is 10.1. The molecule has 0 radical (unpaired) electrons. The first-order valence-electron chi connectivity index (χ1n) is 9.41. The van der Waals surface area contributed by atoms with Crippen LogP contribution in [0.1, 0.15) is 50.6 Å². The highest BCUT2D eigenvalue weighted by Crippen LogP contribution is 2.24. The van der Waals surface area contributed by atoms with Gasteiger partial charge in [-0.15, -0.1) is 0 Å². The van der Waals surface area contributed by atoms with Crippen LogP contribution in [-0.4, -0.2) is 28.6 Å². The Balaban J connectivity index is 0.000000207. The minimum Gasteiger partial charge on any atom is -0.288 e. The summed E-state index contributed by atoms with van der Waals surface area (Å²) in [5, 5.41) is 3.57. The van der Waals surface area contributed by atoms with Crippen molar-refractivity contribution in [3.8, 4) is 0 Å². The maximum atomic E-state index is 12.1. The van der Waals surface area contributed by atoms with Crippen LogP contribution >= 0.6 is 11.6 Å². The molecule has 0 unspecified atom stereocenters. The van der Waals surface area contributed by atoms with Crippen molar-refractivity contribution >= 4 is 46.1 Å². The molecular weight excluding hydrogens is 420 g/mol. The molecule has 158 valence electrons. The molecule has 0 bridgehead atoms. The first kappa shape index (κ1) is 21.9. The maximum Gasteiger partial charge on any atom is 0.288 e. The fourth-order valence-corrected chi connectivity index (χ4v) is 3.22. The quantitative estimate of drug-likeness (QED) is 0.420. The molecule has 8 nitrogen and oxygen atoms in total. The van der Waals surface area contributed by atoms with Gasteiger partial charge in [-0.25, -0.2) is 4.98 Å². The molecule has 1 aromatic heterocycles. The maximum absolute atomic E-state index is 12.1. The van der Waals surface area contributed by atoms with Gasteiger partial charge in [0.05, 0.1) is 21.7 Å². The predicted octanol–water partition coefficient (Wildman–Crippen LogP) is 2.80. The Hall–Kier alpha value is -3.78. The smallest absolute Gasteiger partial charge is 0.288 e. The largest absolute Gasteiger partial charge is 0.288 e. The van der Waals surface area contributed by atoms with Gasteiger partial charge in [0.1, 0.15) is 5.69 Å². The number of carbonyl (C=O) groups is 4. The second-order valence-corrected chi connectivity index (χ2v) is 7.03. The van der Waals surface area contributed by atoms with Crippen molar-refractivity contribution in [2.45, 2.75) is 20.3 Å². The summed E-state index contributed by atoms with van der Waals surface area (Å²) in [4.78, 5) is 49.1. The average molecular weight is 439 g/mol. The number of amides is 4. The van der Waals surface area contributed by atoms with E-state index >= 15 is 0 Å². The zero-order chi connectivity index (χ0) is 22.5. The van der Waals surface area contributed by atoms with Gasteiger partial charge in [0.2, 0.25) is 5.91 Å². The summed E-state index contributed by atoms with van der Waals surface area (Å²) >= 11 is 6.09. The topological polar surface area (TPSA) is 117 Å². The number of hydrogen-bond acceptors (Lipinski definition) is 5. The zero-order valence-corrected chi connectivity index (χ0v) is 17.5. The number of para-hydroxylation sites is 1. The number of fused-ring (bicyclic) bond motifs is 2. The van der Waals surface area contributed by atoms with Gasteiger partial charge in [-0.05, 0) is 36.2 Å². The number of benzene rings is 2. The summed E-state index contributed by atoms with van der Waals surface area (Å²) in [7, 11) is 0. The Morgan fingerprint density at radius 1 is 1.00 bits per heavy atom. The van der Waals surface area contributed by atoms with E-state index in [-0.39, 0.29) is 23.4 Å². The molecule has 2 heterocycles. The molecule has 1 aliphatic heterocycles. The molecule has 0 saturated heterocycles. The van der Waals surface area contributed by atoms with E-state index in [9.17, 15) is 19.2 Å². The van der Waals surface area contributed by atoms with E-state index < -0.39 is 5.91 Å². The van der Waals surface area contributed by atoms with E-state index in [1.807, 2.05) is 25.1 Å². The number of rotatable bonds is 2. The van der Waals surface area contributed by atoms with Gasteiger partial charge in [0.25, 0.3) is 17.7 Å². The minimum absolute atomic E-state index is 0.266. The van der Waals surface area contributed by atoms with Crippen LogP contribution in [0, 0.1) is 0 Å². The molecule has 2 aromatic carbocycles. The Morgan fingerprint density at radius 2 is 1.65 bits per heavy atom. The Labute approximate surface area is 183 Å². The van der Waals surface area contributed by atoms with Crippen LogP contribution in [0.3, 0.4) is 0 Å². The highest BCUT2D eigenvalue weighted by Gasteiger charge is 2.25. The van der Waals surface area contributed by atoms with Gasteiger partial charge in [-0.3, -0.25) is 35.3 Å². The van der Waals surface area contributed by atoms with E-state index in [1.165, 1.54) is 6.92 Å². The Bertz CT molecular complexity index is 1180. The number of halogens is 1. The molecule has 9 heteroatoms. The van der Waals surface area contributed by atoms with Gasteiger partial charge in [0.15, 0.2) is 0 Å². The summed E-state index contributed by atoms with van der Waals surface area (Å²) in [5.74, 6) is -1.41. The summed E-state index contributed by atoms with van der Waals surface area (Å²) in [6, 6.07) is 14.1. The van der Waals surface area contributed by atoms with Gasteiger partial charge in [-0.1, -0.05) is 42.8 Å². The molecule has 1 aliphatic rings. The predicted molar refractivity (Wildman–Crippen MR) is 116 cm³/mol. The number of nitrogens with zero attached hydrogens (tertiary/aromatic N) is 1. The molecule has 4 amide bonds. The number of aryl methyl sites for hydroxylation is 1. The molecule has 0 fully saturated rings. The van der Waals surface area contributed by atoms with Crippen molar-refractivity contribution in [1.82, 2.24) is 21.2 Å². The van der Waals surface area contributed by atoms with Crippen molar-refractivity contribution in [3.05, 3.63) is 75.9 Å². The second-order valence-electron chi connectivity index (χ2n) is 6.63. The number of hydrogen-bond donors (Lipinski definition) is 3. The second kappa shape index (κ2) is 9.36. The molecule has 4 rings (SSSR count). The minimum atomic E-state index is -0.459. The SMILES string of the molecule is CCc1cc2cccc(Cl)c2nc1C(=O)NNC(C)=O.O=C1NC(=O)c2ccccc21. The van der Waals surface area contributed by atoms with Crippen molar-refractivity contribution in [2.24, 2.45) is 0 Å². The summed E-state index contributed by atoms with van der Waals surface area (Å²) in [5.41, 5.74) is 7.13. The standard InChI is InChI=1S/C14H14ClN3O2.C8H5NO2/c1-3-9-7-10-5-4-6-11(15)12(10)16-13(9)14(20)18-17-8(2)19;10-7-5-3-1-2-4-6(5)8(11)9-7/h4-7H,3H2,1-2H3,(H,17,19)(H,18,20);1-4H,(H,9,10,11). The van der Waals surface area contributed by atoms with E-state index in [2.05, 4.69) is 21.2 Å². The lowest BCUT2D eigenvalue weighted by molar-refractivity contribution is -0.119. The molecule has 0 saturated carbocycles. The first-order valence-corrected chi connectivity index (χ1v) is 9.79. The number of nitrogens with one attached hydrogen (secondary N) is 3. The molecule has 0 aliphatic carbocycles. The van der Waals surface area contributed by atoms with Crippen LogP contribution in [0.5, 0.6) is 0 Å². The third-order valence-electron chi connectivity index (χ3n) is 4.47. The van der Waals surface area contributed by atoms with Gasteiger partial charge < -0.3 is 0 Å². The molecule has 0 spiro atoms. The van der Waals surface area contributed by atoms with E-state index in [1.54, 1.807) is 30.3 Å². The monoisotopic (exact) mass is 438 g/mol. The zero-order valence-electron chi connectivity index (χ0n) is 16.8. The Morgan fingerprint density at radius 3 is 2.23 bits per heavy atom. The molecule has 3 aromatic rings. The van der Waals surface area contributed by atoms with Crippen LogP contribution in [-0.2, 0) is 11.2 Å². The van der Waals surface area contributed by atoms with Crippen molar-refractivity contribution in [2.75, 3.05) is 0 Å². The molecule has 3 N–H and O–H groups in total. The van der Waals surface area contributed by atoms with Crippen LogP contribution < -0.4 is 16.2 Å². The normalized spacial score (nSPS) is 11.8. The van der Waals surface area contributed by atoms with E-state index in [4.69, 9.17) is 11.6 Å². The number of imide groups is 1. The highest BCUT2D eigenvalue weighted by molar-refractivity contribution is 6.35. The van der Waals surface area contributed by atoms with Crippen LogP contribution in [0.15, 0.2) is 48.5 Å². The fourth-order valence-electron chi connectivity index (χ4n) is 2.99. The van der Waals surface area contributed by atoms with Crippen molar-refractivity contribution in [1.29, 1.82) is 0 Å². The summed E-state index contributed by atoms with van der Waals surface area (Å²) < 4.78 is 0. The van der Waals surface area contributed by atoms with Crippen molar-refractivity contribution < 1.29 is 19.2 Å². The lowest BCUT2D eigenvalue weighted by Crippen LogP contribution is -2.41. The van der Waals surface area contributed by atoms with Gasteiger partial charge in [0, 0.05) is 12.3 Å². The highest BCUT2D eigenvalue weighted by atomic mass is 35.5. The first-order chi connectivity index (χ1) is 14.8. The molecule has 31 heavy (non-hydrogen) atoms. The number of carbonyl (C=O) groups excluding carboxylic acids is 4. The van der Waals surface area contributed by atoms with Crippen LogP contribution in [0.2, 0.25) is 5.02 Å². The van der Waals surface area contributed by atoms with Crippen molar-refractivity contribution in [3.63, 3.8) is 0 Å². The average Bonchev–Trinajstić information content (AvgIpc) is 3.06. The molecular formula is C22H19ClN4O4. The van der Waals surface area contributed by atoms with E-state index in [0.29, 0.717) is 28.1 Å². The Kier molecular flexibility index (Phi) is 6.61.